The maximum absolute atomic E-state index is 10.2. The predicted molar refractivity (Wildman–Crippen MR) is 130 cm³/mol. The third-order valence-electron chi connectivity index (χ3n) is 8.92. The van der Waals surface area contributed by atoms with Crippen LogP contribution in [0.2, 0.25) is 0 Å². The summed E-state index contributed by atoms with van der Waals surface area (Å²) in [6.07, 6.45) is 9.46. The Bertz CT molecular complexity index is 1170. The van der Waals surface area contributed by atoms with Crippen molar-refractivity contribution in [2.45, 2.75) is 57.0 Å². The molecule has 0 aromatic heterocycles. The molecule has 0 radical (unpaired) electrons. The van der Waals surface area contributed by atoms with Crippen LogP contribution in [0.15, 0.2) is 54.6 Å². The second kappa shape index (κ2) is 7.72. The molecule has 0 saturated heterocycles. The second-order valence-electron chi connectivity index (χ2n) is 10.7. The summed E-state index contributed by atoms with van der Waals surface area (Å²) in [5, 5.41) is 31.2. The van der Waals surface area contributed by atoms with Crippen molar-refractivity contribution < 1.29 is 15.2 Å². The van der Waals surface area contributed by atoms with E-state index in [0.717, 1.165) is 34.1 Å². The molecule has 3 saturated carbocycles. The summed E-state index contributed by atoms with van der Waals surface area (Å²) >= 11 is 0. The van der Waals surface area contributed by atoms with Crippen LogP contribution in [0, 0.1) is 17.8 Å². The average molecular weight is 426 g/mol. The van der Waals surface area contributed by atoms with Gasteiger partial charge in [0, 0.05) is 0 Å². The molecule has 3 bridgehead atoms. The van der Waals surface area contributed by atoms with Gasteiger partial charge >= 0.3 is 7.12 Å². The zero-order chi connectivity index (χ0) is 21.9. The summed E-state index contributed by atoms with van der Waals surface area (Å²) < 4.78 is 0. The molecular weight excluding hydrogens is 395 g/mol. The highest BCUT2D eigenvalue weighted by Gasteiger charge is 2.50. The Labute approximate surface area is 190 Å². The molecule has 3 aliphatic rings. The first-order valence-corrected chi connectivity index (χ1v) is 12.2. The Kier molecular flexibility index (Phi) is 4.94. The van der Waals surface area contributed by atoms with Crippen LogP contribution in [0.25, 0.3) is 21.9 Å². The molecule has 32 heavy (non-hydrogen) atoms. The van der Waals surface area contributed by atoms with Gasteiger partial charge in [0.05, 0.1) is 6.61 Å². The van der Waals surface area contributed by atoms with Crippen molar-refractivity contribution >= 4 is 23.4 Å². The minimum atomic E-state index is -1.45. The zero-order valence-corrected chi connectivity index (χ0v) is 18.5. The van der Waals surface area contributed by atoms with Crippen molar-refractivity contribution in [3.8, 4) is 11.1 Å². The summed E-state index contributed by atoms with van der Waals surface area (Å²) in [6, 6.07) is 18.6. The summed E-state index contributed by atoms with van der Waals surface area (Å²) in [7, 11) is -1.45. The molecule has 4 unspecified atom stereocenters. The Morgan fingerprint density at radius 2 is 1.59 bits per heavy atom. The van der Waals surface area contributed by atoms with Crippen LogP contribution < -0.4 is 5.46 Å². The highest BCUT2D eigenvalue weighted by atomic mass is 16.4. The first-order valence-electron chi connectivity index (χ1n) is 12.2. The third-order valence-corrected chi connectivity index (χ3v) is 8.92. The molecule has 3 aliphatic carbocycles. The van der Waals surface area contributed by atoms with Gasteiger partial charge in [-0.1, -0.05) is 55.0 Å². The molecular formula is C28H31BO3. The van der Waals surface area contributed by atoms with E-state index in [1.807, 2.05) is 12.1 Å². The van der Waals surface area contributed by atoms with E-state index in [4.69, 9.17) is 0 Å². The van der Waals surface area contributed by atoms with Gasteiger partial charge in [0.15, 0.2) is 0 Å². The molecule has 3 aromatic carbocycles. The molecule has 0 amide bonds. The van der Waals surface area contributed by atoms with E-state index in [2.05, 4.69) is 36.4 Å². The fourth-order valence-electron chi connectivity index (χ4n) is 7.39. The van der Waals surface area contributed by atoms with E-state index in [1.54, 1.807) is 6.07 Å². The molecule has 0 heterocycles. The van der Waals surface area contributed by atoms with Gasteiger partial charge in [-0.3, -0.25) is 0 Å². The second-order valence-corrected chi connectivity index (χ2v) is 10.7. The van der Waals surface area contributed by atoms with Crippen LogP contribution >= 0.6 is 0 Å². The Hall–Kier alpha value is -2.14. The smallest absolute Gasteiger partial charge is 0.423 e. The maximum Gasteiger partial charge on any atom is 0.488 e. The largest absolute Gasteiger partial charge is 0.488 e. The molecule has 0 spiro atoms. The summed E-state index contributed by atoms with van der Waals surface area (Å²) in [5.41, 5.74) is 5.62. The molecule has 3 fully saturated rings. The van der Waals surface area contributed by atoms with Gasteiger partial charge < -0.3 is 15.2 Å². The van der Waals surface area contributed by atoms with E-state index in [9.17, 15) is 15.2 Å². The zero-order valence-electron chi connectivity index (χ0n) is 18.5. The van der Waals surface area contributed by atoms with Crippen molar-refractivity contribution in [3.63, 3.8) is 0 Å². The standard InChI is InChI=1S/C28H31BO3/c30-17-24-6-5-23(20-3-4-22-13-26(29(31)32)8-7-21(22)12-20)14-27(24)28-10-9-19-2-1-18(15-28)11-25(19)16-28/h3-8,12-14,18-19,25,30-32H,1-2,9-11,15-17H2. The first kappa shape index (κ1) is 20.5. The third kappa shape index (κ3) is 3.32. The van der Waals surface area contributed by atoms with Crippen molar-refractivity contribution in [2.24, 2.45) is 17.8 Å². The Morgan fingerprint density at radius 1 is 0.812 bits per heavy atom. The van der Waals surface area contributed by atoms with Gasteiger partial charge in [-0.15, -0.1) is 0 Å². The molecule has 0 aliphatic heterocycles. The molecule has 3 N–H and O–H groups in total. The SMILES string of the molecule is OCc1ccc(-c2ccc3cc(B(O)O)ccc3c2)cc1C12CCC3CCC(CC3C1)C2. The van der Waals surface area contributed by atoms with Crippen LogP contribution in [-0.2, 0) is 12.0 Å². The van der Waals surface area contributed by atoms with E-state index in [0.29, 0.717) is 5.46 Å². The maximum atomic E-state index is 10.2. The number of benzene rings is 3. The number of fused-ring (bicyclic) bond motifs is 3. The van der Waals surface area contributed by atoms with E-state index >= 15 is 0 Å². The Morgan fingerprint density at radius 3 is 2.44 bits per heavy atom. The number of aliphatic hydroxyl groups is 1. The molecule has 4 heteroatoms. The summed E-state index contributed by atoms with van der Waals surface area (Å²) in [4.78, 5) is 0. The van der Waals surface area contributed by atoms with Crippen molar-refractivity contribution in [1.29, 1.82) is 0 Å². The van der Waals surface area contributed by atoms with Crippen LogP contribution in [-0.4, -0.2) is 22.3 Å². The van der Waals surface area contributed by atoms with Gasteiger partial charge in [-0.2, -0.15) is 0 Å². The van der Waals surface area contributed by atoms with Gasteiger partial charge in [-0.25, -0.2) is 0 Å². The van der Waals surface area contributed by atoms with Gasteiger partial charge in [0.25, 0.3) is 0 Å². The molecule has 4 atom stereocenters. The number of aliphatic hydroxyl groups excluding tert-OH is 1. The Balaban J connectivity index is 1.41. The summed E-state index contributed by atoms with van der Waals surface area (Å²) in [6.45, 7) is 0.111. The lowest BCUT2D eigenvalue weighted by atomic mass is 9.49. The van der Waals surface area contributed by atoms with Crippen LogP contribution in [0.4, 0.5) is 0 Å². The number of rotatable bonds is 4. The van der Waals surface area contributed by atoms with Crippen molar-refractivity contribution in [2.75, 3.05) is 0 Å². The van der Waals surface area contributed by atoms with Crippen LogP contribution in [0.1, 0.15) is 56.1 Å². The minimum Gasteiger partial charge on any atom is -0.423 e. The lowest BCUT2D eigenvalue weighted by Gasteiger charge is -2.55. The normalized spacial score (nSPS) is 28.8. The summed E-state index contributed by atoms with van der Waals surface area (Å²) in [5.74, 6) is 2.67. The molecule has 164 valence electrons. The first-order chi connectivity index (χ1) is 15.5. The van der Waals surface area contributed by atoms with Gasteiger partial charge in [0.1, 0.15) is 0 Å². The van der Waals surface area contributed by atoms with Crippen molar-refractivity contribution in [1.82, 2.24) is 0 Å². The van der Waals surface area contributed by atoms with Crippen LogP contribution in [0.3, 0.4) is 0 Å². The van der Waals surface area contributed by atoms with Gasteiger partial charge in [0.2, 0.25) is 0 Å². The number of hydrogen-bond donors (Lipinski definition) is 3. The average Bonchev–Trinajstić information content (AvgIpc) is 2.81. The van der Waals surface area contributed by atoms with E-state index in [1.165, 1.54) is 61.6 Å². The monoisotopic (exact) mass is 426 g/mol. The fraction of sp³-hybridized carbons (Fsp3) is 0.429. The minimum absolute atomic E-state index is 0.111. The van der Waals surface area contributed by atoms with E-state index in [-0.39, 0.29) is 12.0 Å². The highest BCUT2D eigenvalue weighted by Crippen LogP contribution is 2.59. The fourth-order valence-corrected chi connectivity index (χ4v) is 7.39. The quantitative estimate of drug-likeness (QED) is 0.537. The topological polar surface area (TPSA) is 60.7 Å². The van der Waals surface area contributed by atoms with E-state index < -0.39 is 7.12 Å². The predicted octanol–water partition coefficient (Wildman–Crippen LogP) is 4.54. The van der Waals surface area contributed by atoms with Crippen molar-refractivity contribution in [3.05, 3.63) is 65.7 Å². The molecule has 6 rings (SSSR count). The van der Waals surface area contributed by atoms with Gasteiger partial charge in [-0.05, 0) is 106 Å². The highest BCUT2D eigenvalue weighted by molar-refractivity contribution is 6.58. The lowest BCUT2D eigenvalue weighted by Crippen LogP contribution is -2.47. The van der Waals surface area contributed by atoms with Crippen LogP contribution in [0.5, 0.6) is 0 Å². The number of hydrogen-bond acceptors (Lipinski definition) is 3. The molecule has 3 nitrogen and oxygen atoms in total. The molecule has 3 aromatic rings. The lowest BCUT2D eigenvalue weighted by molar-refractivity contribution is 0.00885.